The quantitative estimate of drug-likeness (QED) is 0.299. The van der Waals surface area contributed by atoms with E-state index in [4.69, 9.17) is 9.41 Å². The highest BCUT2D eigenvalue weighted by Gasteiger charge is 2.17. The molecule has 33 heavy (non-hydrogen) atoms. The summed E-state index contributed by atoms with van der Waals surface area (Å²) in [6.45, 7) is 0. The minimum Gasteiger partial charge on any atom is -0.421 e. The second-order valence-electron chi connectivity index (χ2n) is 7.46. The molecule has 5 aromatic rings. The molecule has 4 nitrogen and oxygen atoms in total. The molecule has 0 N–H and O–H groups in total. The van der Waals surface area contributed by atoms with Gasteiger partial charge in [0.25, 0.3) is 0 Å². The highest BCUT2D eigenvalue weighted by atomic mass is 16.4. The van der Waals surface area contributed by atoms with Crippen LogP contribution in [0.4, 0.5) is 5.69 Å². The molecule has 3 aromatic carbocycles. The molecule has 4 heteroatoms. The van der Waals surface area contributed by atoms with Crippen LogP contribution in [0.1, 0.15) is 11.1 Å². The molecule has 0 fully saturated rings. The molecule has 2 heterocycles. The smallest absolute Gasteiger partial charge is 0.363 e. The fraction of sp³-hybridized carbons (Fsp3) is 0. The first-order valence-corrected chi connectivity index (χ1v) is 10.6. The fourth-order valence-corrected chi connectivity index (χ4v) is 3.68. The normalized spacial score (nSPS) is 10.5. The summed E-state index contributed by atoms with van der Waals surface area (Å²) in [7, 11) is 0. The molecular formula is C29H20N2O2. The Kier molecular flexibility index (Phi) is 5.72. The van der Waals surface area contributed by atoms with E-state index in [9.17, 15) is 4.79 Å². The van der Waals surface area contributed by atoms with Crippen LogP contribution in [0.25, 0.3) is 22.5 Å². The van der Waals surface area contributed by atoms with Gasteiger partial charge >= 0.3 is 5.63 Å². The largest absolute Gasteiger partial charge is 0.421 e. The number of hydrogen-bond donors (Lipinski definition) is 0. The van der Waals surface area contributed by atoms with E-state index in [-0.39, 0.29) is 5.69 Å². The number of nitrogens with zero attached hydrogens (tertiary/aromatic N) is 2. The van der Waals surface area contributed by atoms with Crippen LogP contribution in [0.3, 0.4) is 0 Å². The van der Waals surface area contributed by atoms with Gasteiger partial charge in [0.15, 0.2) is 5.69 Å². The van der Waals surface area contributed by atoms with Crippen LogP contribution in [-0.2, 0) is 0 Å². The van der Waals surface area contributed by atoms with Crippen molar-refractivity contribution in [1.29, 1.82) is 0 Å². The number of aliphatic imine (C=N–C) groups is 1. The Morgan fingerprint density at radius 2 is 1.27 bits per heavy atom. The standard InChI is InChI=1S/C29H20N2O2/c32-29-28(31-27(22-13-6-2-7-14-22)23-15-8-3-9-16-23)25(21-11-4-1-5-12-21)19-26(33-29)24-17-10-18-30-20-24/h1-20H. The van der Waals surface area contributed by atoms with Gasteiger partial charge in [0, 0.05) is 34.6 Å². The van der Waals surface area contributed by atoms with E-state index in [0.717, 1.165) is 22.3 Å². The Morgan fingerprint density at radius 1 is 0.697 bits per heavy atom. The monoisotopic (exact) mass is 428 g/mol. The van der Waals surface area contributed by atoms with Gasteiger partial charge in [-0.25, -0.2) is 9.79 Å². The SMILES string of the molecule is O=c1oc(-c2cccnc2)cc(-c2ccccc2)c1N=C(c1ccccc1)c1ccccc1. The zero-order valence-electron chi connectivity index (χ0n) is 17.8. The summed E-state index contributed by atoms with van der Waals surface area (Å²) >= 11 is 0. The molecule has 0 bridgehead atoms. The molecule has 0 radical (unpaired) electrons. The topological polar surface area (TPSA) is 55.5 Å². The first-order chi connectivity index (χ1) is 16.3. The highest BCUT2D eigenvalue weighted by molar-refractivity contribution is 6.14. The molecule has 0 spiro atoms. The van der Waals surface area contributed by atoms with Crippen molar-refractivity contribution >= 4 is 11.4 Å². The van der Waals surface area contributed by atoms with E-state index < -0.39 is 5.63 Å². The van der Waals surface area contributed by atoms with Gasteiger partial charge in [0.05, 0.1) is 5.71 Å². The van der Waals surface area contributed by atoms with Crippen LogP contribution in [0.15, 0.2) is 136 Å². The van der Waals surface area contributed by atoms with E-state index in [1.54, 1.807) is 12.4 Å². The number of hydrogen-bond acceptors (Lipinski definition) is 4. The van der Waals surface area contributed by atoms with Crippen molar-refractivity contribution in [2.45, 2.75) is 0 Å². The number of aromatic nitrogens is 1. The number of benzene rings is 3. The molecule has 0 aliphatic rings. The van der Waals surface area contributed by atoms with E-state index in [2.05, 4.69) is 4.98 Å². The lowest BCUT2D eigenvalue weighted by Gasteiger charge is -2.11. The average Bonchev–Trinajstić information content (AvgIpc) is 2.89. The Morgan fingerprint density at radius 3 is 1.85 bits per heavy atom. The van der Waals surface area contributed by atoms with Crippen LogP contribution in [0, 0.1) is 0 Å². The third-order valence-electron chi connectivity index (χ3n) is 5.28. The van der Waals surface area contributed by atoms with E-state index >= 15 is 0 Å². The van der Waals surface area contributed by atoms with Gasteiger partial charge < -0.3 is 4.42 Å². The lowest BCUT2D eigenvalue weighted by Crippen LogP contribution is -2.07. The van der Waals surface area contributed by atoms with Crippen molar-refractivity contribution in [3.05, 3.63) is 143 Å². The van der Waals surface area contributed by atoms with Crippen LogP contribution in [0.2, 0.25) is 0 Å². The Bertz CT molecular complexity index is 1400. The summed E-state index contributed by atoms with van der Waals surface area (Å²) < 4.78 is 5.73. The van der Waals surface area contributed by atoms with Crippen molar-refractivity contribution in [3.8, 4) is 22.5 Å². The molecule has 0 saturated heterocycles. The molecule has 0 amide bonds. The Balaban J connectivity index is 1.77. The van der Waals surface area contributed by atoms with Gasteiger partial charge in [-0.15, -0.1) is 0 Å². The van der Waals surface area contributed by atoms with Crippen molar-refractivity contribution in [3.63, 3.8) is 0 Å². The zero-order chi connectivity index (χ0) is 22.5. The lowest BCUT2D eigenvalue weighted by atomic mass is 10.0. The lowest BCUT2D eigenvalue weighted by molar-refractivity contribution is 0.528. The molecule has 5 rings (SSSR count). The maximum atomic E-state index is 13.3. The van der Waals surface area contributed by atoms with Crippen molar-refractivity contribution < 1.29 is 4.42 Å². The molecule has 0 aliphatic heterocycles. The van der Waals surface area contributed by atoms with Crippen molar-refractivity contribution in [1.82, 2.24) is 4.98 Å². The summed E-state index contributed by atoms with van der Waals surface area (Å²) in [4.78, 5) is 22.4. The van der Waals surface area contributed by atoms with E-state index in [1.165, 1.54) is 0 Å². The van der Waals surface area contributed by atoms with Gasteiger partial charge in [-0.2, -0.15) is 0 Å². The molecule has 0 aliphatic carbocycles. The zero-order valence-corrected chi connectivity index (χ0v) is 17.8. The van der Waals surface area contributed by atoms with E-state index in [1.807, 2.05) is 109 Å². The molecule has 0 atom stereocenters. The summed E-state index contributed by atoms with van der Waals surface area (Å²) in [5.74, 6) is 0.451. The third-order valence-corrected chi connectivity index (χ3v) is 5.28. The minimum absolute atomic E-state index is 0.261. The van der Waals surface area contributed by atoms with Gasteiger partial charge in [0.1, 0.15) is 5.76 Å². The summed E-state index contributed by atoms with van der Waals surface area (Å²) in [6.07, 6.45) is 3.36. The predicted molar refractivity (Wildman–Crippen MR) is 132 cm³/mol. The maximum absolute atomic E-state index is 13.3. The fourth-order valence-electron chi connectivity index (χ4n) is 3.68. The average molecular weight is 428 g/mol. The van der Waals surface area contributed by atoms with Crippen LogP contribution in [-0.4, -0.2) is 10.7 Å². The maximum Gasteiger partial charge on any atom is 0.363 e. The Labute approximate surface area is 191 Å². The Hall–Kier alpha value is -4.57. The summed E-state index contributed by atoms with van der Waals surface area (Å²) in [6, 6.07) is 35.0. The van der Waals surface area contributed by atoms with E-state index in [0.29, 0.717) is 17.0 Å². The molecule has 0 unspecified atom stereocenters. The highest BCUT2D eigenvalue weighted by Crippen LogP contribution is 2.32. The first kappa shape index (κ1) is 20.3. The third kappa shape index (κ3) is 4.41. The molecule has 158 valence electrons. The van der Waals surface area contributed by atoms with Gasteiger partial charge in [-0.1, -0.05) is 91.0 Å². The number of pyridine rings is 1. The molecule has 2 aromatic heterocycles. The predicted octanol–water partition coefficient (Wildman–Crippen LogP) is 6.54. The summed E-state index contributed by atoms with van der Waals surface area (Å²) in [5.41, 5.74) is 4.61. The number of rotatable bonds is 5. The first-order valence-electron chi connectivity index (χ1n) is 10.6. The van der Waals surface area contributed by atoms with Crippen LogP contribution in [0.5, 0.6) is 0 Å². The molecule has 0 saturated carbocycles. The van der Waals surface area contributed by atoms with Gasteiger partial charge in [-0.3, -0.25) is 4.98 Å². The van der Waals surface area contributed by atoms with Crippen molar-refractivity contribution in [2.75, 3.05) is 0 Å². The summed E-state index contributed by atoms with van der Waals surface area (Å²) in [5, 5.41) is 0. The second-order valence-corrected chi connectivity index (χ2v) is 7.46. The minimum atomic E-state index is -0.500. The van der Waals surface area contributed by atoms with Gasteiger partial charge in [0.2, 0.25) is 0 Å². The van der Waals surface area contributed by atoms with Gasteiger partial charge in [-0.05, 0) is 23.8 Å². The molecular weight excluding hydrogens is 408 g/mol. The van der Waals surface area contributed by atoms with Crippen LogP contribution >= 0.6 is 0 Å². The van der Waals surface area contributed by atoms with Crippen LogP contribution < -0.4 is 5.63 Å². The second kappa shape index (κ2) is 9.28. The van der Waals surface area contributed by atoms with Crippen molar-refractivity contribution in [2.24, 2.45) is 4.99 Å².